The van der Waals surface area contributed by atoms with Crippen LogP contribution < -0.4 is 10.6 Å². The number of carbonyl (C=O) groups excluding carboxylic acids is 4. The van der Waals surface area contributed by atoms with Crippen LogP contribution in [0.5, 0.6) is 0 Å². The number of fused-ring (bicyclic) bond motifs is 1. The van der Waals surface area contributed by atoms with Gasteiger partial charge in [-0.05, 0) is 81.8 Å². The first-order valence-corrected chi connectivity index (χ1v) is 17.2. The molecule has 1 atom stereocenters. The van der Waals surface area contributed by atoms with E-state index in [1.165, 1.54) is 19.3 Å². The first-order valence-electron chi connectivity index (χ1n) is 16.8. The molecule has 0 aromatic heterocycles. The number of anilines is 1. The maximum absolute atomic E-state index is 14.0. The molecule has 0 spiro atoms. The Hall–Kier alpha value is -3.63. The van der Waals surface area contributed by atoms with Gasteiger partial charge in [0.25, 0.3) is 5.91 Å². The van der Waals surface area contributed by atoms with Crippen molar-refractivity contribution in [2.45, 2.75) is 83.0 Å². The van der Waals surface area contributed by atoms with Gasteiger partial charge < -0.3 is 30.2 Å². The number of hydrogen-bond acceptors (Lipinski definition) is 5. The smallest absolute Gasteiger partial charge is 0.322 e. The van der Waals surface area contributed by atoms with Crippen LogP contribution in [0.4, 0.5) is 10.5 Å². The van der Waals surface area contributed by atoms with Crippen LogP contribution in [0.15, 0.2) is 42.5 Å². The van der Waals surface area contributed by atoms with Gasteiger partial charge in [-0.15, -0.1) is 0 Å². The lowest BCUT2D eigenvalue weighted by Crippen LogP contribution is -2.55. The standard InChI is InChI=1S/C35H45ClN6O4/c1-24-8-7-10-28(32(24)36)33(44)37-30(34(45)41-20-12-26(13-21-41)39-16-5-2-6-17-39)22-31(43)40-18-14-27(15-19-40)42-23-25-9-3-4-11-29(25)38-35(42)46/h3-4,7-11,26-27,30H,2,5-6,12-23H2,1H3,(H,37,44)(H,38,46)/t30-/m0/s1. The molecule has 4 heterocycles. The van der Waals surface area contributed by atoms with Crippen molar-refractivity contribution in [3.8, 4) is 0 Å². The fourth-order valence-corrected chi connectivity index (χ4v) is 7.67. The number of urea groups is 1. The molecule has 3 fully saturated rings. The van der Waals surface area contributed by atoms with Gasteiger partial charge in [0, 0.05) is 50.5 Å². The second-order valence-corrected chi connectivity index (χ2v) is 13.5. The quantitative estimate of drug-likeness (QED) is 0.455. The minimum absolute atomic E-state index is 0.0131. The van der Waals surface area contributed by atoms with Crippen LogP contribution in [-0.4, -0.2) is 101 Å². The van der Waals surface area contributed by atoms with Crippen LogP contribution >= 0.6 is 11.6 Å². The van der Waals surface area contributed by atoms with E-state index in [2.05, 4.69) is 15.5 Å². The van der Waals surface area contributed by atoms with Crippen molar-refractivity contribution in [2.75, 3.05) is 44.6 Å². The highest BCUT2D eigenvalue weighted by molar-refractivity contribution is 6.34. The Kier molecular flexibility index (Phi) is 10.1. The molecule has 2 N–H and O–H groups in total. The zero-order valence-electron chi connectivity index (χ0n) is 26.7. The molecule has 0 aliphatic carbocycles. The number of hydrogen-bond donors (Lipinski definition) is 2. The zero-order valence-corrected chi connectivity index (χ0v) is 27.4. The van der Waals surface area contributed by atoms with E-state index in [1.54, 1.807) is 17.0 Å². The number of amides is 5. The number of para-hydroxylation sites is 1. The second-order valence-electron chi connectivity index (χ2n) is 13.1. The summed E-state index contributed by atoms with van der Waals surface area (Å²) in [6, 6.07) is 12.4. The van der Waals surface area contributed by atoms with Gasteiger partial charge >= 0.3 is 6.03 Å². The van der Waals surface area contributed by atoms with Crippen molar-refractivity contribution in [1.29, 1.82) is 0 Å². The Bertz CT molecular complexity index is 1450. The molecule has 4 aliphatic rings. The molecule has 4 aliphatic heterocycles. The summed E-state index contributed by atoms with van der Waals surface area (Å²) in [4.78, 5) is 61.9. The lowest BCUT2D eigenvalue weighted by atomic mass is 9.98. The number of carbonyl (C=O) groups is 4. The summed E-state index contributed by atoms with van der Waals surface area (Å²) in [5.74, 6) is -0.858. The Morgan fingerprint density at radius 2 is 1.54 bits per heavy atom. The molecule has 5 amide bonds. The molecular weight excluding hydrogens is 604 g/mol. The zero-order chi connectivity index (χ0) is 32.2. The number of aryl methyl sites for hydroxylation is 1. The summed E-state index contributed by atoms with van der Waals surface area (Å²) in [6.45, 7) is 6.79. The largest absolute Gasteiger partial charge is 0.342 e. The maximum Gasteiger partial charge on any atom is 0.322 e. The van der Waals surface area contributed by atoms with Crippen LogP contribution in [-0.2, 0) is 16.1 Å². The third kappa shape index (κ3) is 7.18. The number of halogens is 1. The van der Waals surface area contributed by atoms with E-state index in [-0.39, 0.29) is 35.9 Å². The van der Waals surface area contributed by atoms with Gasteiger partial charge in [0.2, 0.25) is 11.8 Å². The summed E-state index contributed by atoms with van der Waals surface area (Å²) in [5, 5.41) is 6.21. The molecule has 0 saturated carbocycles. The number of piperidine rings is 3. The van der Waals surface area contributed by atoms with Crippen molar-refractivity contribution in [2.24, 2.45) is 0 Å². The van der Waals surface area contributed by atoms with Crippen molar-refractivity contribution >= 4 is 41.0 Å². The van der Waals surface area contributed by atoms with Crippen molar-refractivity contribution < 1.29 is 19.2 Å². The average molecular weight is 649 g/mol. The highest BCUT2D eigenvalue weighted by atomic mass is 35.5. The van der Waals surface area contributed by atoms with Gasteiger partial charge in [-0.1, -0.05) is 48.4 Å². The summed E-state index contributed by atoms with van der Waals surface area (Å²) >= 11 is 6.46. The van der Waals surface area contributed by atoms with Crippen LogP contribution in [0, 0.1) is 6.92 Å². The lowest BCUT2D eigenvalue weighted by molar-refractivity contribution is -0.140. The number of nitrogens with one attached hydrogen (secondary N) is 2. The van der Waals surface area contributed by atoms with E-state index in [1.807, 2.05) is 47.1 Å². The molecular formula is C35H45ClN6O4. The van der Waals surface area contributed by atoms with Gasteiger partial charge in [-0.2, -0.15) is 0 Å². The molecule has 2 aromatic rings. The monoisotopic (exact) mass is 648 g/mol. The molecule has 0 radical (unpaired) electrons. The molecule has 246 valence electrons. The van der Waals surface area contributed by atoms with E-state index in [0.29, 0.717) is 56.6 Å². The number of benzene rings is 2. The lowest BCUT2D eigenvalue weighted by Gasteiger charge is -2.41. The van der Waals surface area contributed by atoms with Crippen LogP contribution in [0.25, 0.3) is 0 Å². The van der Waals surface area contributed by atoms with Gasteiger partial charge in [0.15, 0.2) is 0 Å². The minimum Gasteiger partial charge on any atom is -0.342 e. The Morgan fingerprint density at radius 3 is 2.28 bits per heavy atom. The topological polar surface area (TPSA) is 105 Å². The van der Waals surface area contributed by atoms with Gasteiger partial charge in [-0.3, -0.25) is 14.4 Å². The van der Waals surface area contributed by atoms with Gasteiger partial charge in [0.05, 0.1) is 17.0 Å². The molecule has 3 saturated heterocycles. The molecule has 0 bridgehead atoms. The van der Waals surface area contributed by atoms with E-state index < -0.39 is 11.9 Å². The molecule has 10 nitrogen and oxygen atoms in total. The Morgan fingerprint density at radius 1 is 0.870 bits per heavy atom. The first-order chi connectivity index (χ1) is 22.3. The van der Waals surface area contributed by atoms with Crippen molar-refractivity contribution in [3.05, 3.63) is 64.2 Å². The van der Waals surface area contributed by atoms with Gasteiger partial charge in [0.1, 0.15) is 6.04 Å². The predicted molar refractivity (Wildman–Crippen MR) is 178 cm³/mol. The number of likely N-dealkylation sites (tertiary alicyclic amines) is 3. The average Bonchev–Trinajstić information content (AvgIpc) is 3.09. The van der Waals surface area contributed by atoms with E-state index >= 15 is 0 Å². The SMILES string of the molecule is Cc1cccc(C(=O)N[C@@H](CC(=O)N2CCC(N3Cc4ccccc4NC3=O)CC2)C(=O)N2CCC(N3CCCCC3)CC2)c1Cl. The maximum atomic E-state index is 14.0. The molecule has 0 unspecified atom stereocenters. The van der Waals surface area contributed by atoms with Gasteiger partial charge in [-0.25, -0.2) is 4.79 Å². The van der Waals surface area contributed by atoms with E-state index in [4.69, 9.17) is 11.6 Å². The van der Waals surface area contributed by atoms with E-state index in [0.717, 1.165) is 42.7 Å². The number of nitrogens with zero attached hydrogens (tertiary/aromatic N) is 4. The van der Waals surface area contributed by atoms with Crippen molar-refractivity contribution in [3.63, 3.8) is 0 Å². The molecule has 6 rings (SSSR count). The second kappa shape index (κ2) is 14.4. The highest BCUT2D eigenvalue weighted by Gasteiger charge is 2.36. The third-order valence-corrected chi connectivity index (χ3v) is 10.7. The van der Waals surface area contributed by atoms with Crippen molar-refractivity contribution in [1.82, 2.24) is 24.9 Å². The van der Waals surface area contributed by atoms with Crippen LogP contribution in [0.2, 0.25) is 5.02 Å². The van der Waals surface area contributed by atoms with Crippen LogP contribution in [0.3, 0.4) is 0 Å². The first kappa shape index (κ1) is 32.3. The highest BCUT2D eigenvalue weighted by Crippen LogP contribution is 2.28. The summed E-state index contributed by atoms with van der Waals surface area (Å²) in [6.07, 6.45) is 6.71. The Labute approximate surface area is 276 Å². The molecule has 11 heteroatoms. The third-order valence-electron chi connectivity index (χ3n) is 10.2. The molecule has 46 heavy (non-hydrogen) atoms. The predicted octanol–water partition coefficient (Wildman–Crippen LogP) is 4.65. The normalized spacial score (nSPS) is 20.6. The fourth-order valence-electron chi connectivity index (χ4n) is 7.46. The van der Waals surface area contributed by atoms with Crippen LogP contribution in [0.1, 0.15) is 72.9 Å². The summed E-state index contributed by atoms with van der Waals surface area (Å²) < 4.78 is 0. The minimum atomic E-state index is -0.995. The summed E-state index contributed by atoms with van der Waals surface area (Å²) in [7, 11) is 0. The fraction of sp³-hybridized carbons (Fsp3) is 0.543. The Balaban J connectivity index is 1.09. The summed E-state index contributed by atoms with van der Waals surface area (Å²) in [5.41, 5.74) is 2.97. The van der Waals surface area contributed by atoms with E-state index in [9.17, 15) is 19.2 Å². The number of rotatable bonds is 7. The molecule has 2 aromatic carbocycles.